The Kier molecular flexibility index (Phi) is 7.28. The summed E-state index contributed by atoms with van der Waals surface area (Å²) in [6.07, 6.45) is 9.03. The molecule has 1 amide bonds. The summed E-state index contributed by atoms with van der Waals surface area (Å²) in [7, 11) is 3.69. The number of amides is 1. The summed E-state index contributed by atoms with van der Waals surface area (Å²) in [6, 6.07) is 6.80. The Morgan fingerprint density at radius 2 is 1.89 bits per heavy atom. The monoisotopic (exact) mass is 516 g/mol. The maximum Gasteiger partial charge on any atom is 0.251 e. The van der Waals surface area contributed by atoms with Gasteiger partial charge >= 0.3 is 0 Å². The SMILES string of the molecule is Cc1ccc(C(=O)NCCN2[C@H](C)CCC[C@@H]2C)cc1Nc1nn(C)c2nc(Nc3cnn(C)c3)ncc12. The van der Waals surface area contributed by atoms with Gasteiger partial charge in [0.05, 0.1) is 17.3 Å². The molecule has 11 heteroatoms. The summed E-state index contributed by atoms with van der Waals surface area (Å²) in [5, 5.41) is 19.2. The first-order chi connectivity index (χ1) is 18.3. The summed E-state index contributed by atoms with van der Waals surface area (Å²) < 4.78 is 3.42. The van der Waals surface area contributed by atoms with Crippen LogP contribution in [0.2, 0.25) is 0 Å². The van der Waals surface area contributed by atoms with E-state index in [1.54, 1.807) is 21.8 Å². The van der Waals surface area contributed by atoms with Gasteiger partial charge in [-0.15, -0.1) is 0 Å². The second-order valence-corrected chi connectivity index (χ2v) is 10.2. The van der Waals surface area contributed by atoms with E-state index in [9.17, 15) is 4.79 Å². The number of hydrogen-bond donors (Lipinski definition) is 3. The lowest BCUT2D eigenvalue weighted by Gasteiger charge is -2.39. The van der Waals surface area contributed by atoms with Crippen LogP contribution in [0.15, 0.2) is 36.8 Å². The summed E-state index contributed by atoms with van der Waals surface area (Å²) in [5.74, 6) is 1.01. The number of aryl methyl sites for hydroxylation is 3. The molecule has 5 rings (SSSR count). The van der Waals surface area contributed by atoms with E-state index in [1.807, 2.05) is 45.4 Å². The van der Waals surface area contributed by atoms with Gasteiger partial charge in [-0.2, -0.15) is 15.2 Å². The molecule has 0 spiro atoms. The van der Waals surface area contributed by atoms with Crippen molar-refractivity contribution in [3.63, 3.8) is 0 Å². The van der Waals surface area contributed by atoms with Crippen LogP contribution in [0.4, 0.5) is 23.1 Å². The highest BCUT2D eigenvalue weighted by Crippen LogP contribution is 2.28. The first-order valence-electron chi connectivity index (χ1n) is 13.2. The van der Waals surface area contributed by atoms with E-state index in [-0.39, 0.29) is 5.91 Å². The third-order valence-corrected chi connectivity index (χ3v) is 7.33. The molecular formula is C27H36N10O. The first-order valence-corrected chi connectivity index (χ1v) is 13.2. The van der Waals surface area contributed by atoms with Crippen molar-refractivity contribution in [3.8, 4) is 0 Å². The number of likely N-dealkylation sites (tertiary alicyclic amines) is 1. The molecule has 1 saturated heterocycles. The molecule has 0 saturated carbocycles. The molecule has 4 aromatic rings. The van der Waals surface area contributed by atoms with E-state index in [4.69, 9.17) is 0 Å². The minimum Gasteiger partial charge on any atom is -0.351 e. The number of anilines is 4. The van der Waals surface area contributed by atoms with E-state index >= 15 is 0 Å². The Labute approximate surface area is 222 Å². The van der Waals surface area contributed by atoms with Crippen LogP contribution in [0.1, 0.15) is 49.0 Å². The van der Waals surface area contributed by atoms with Gasteiger partial charge in [0.15, 0.2) is 11.5 Å². The molecular weight excluding hydrogens is 480 g/mol. The molecule has 3 N–H and O–H groups in total. The lowest BCUT2D eigenvalue weighted by molar-refractivity contribution is 0.0889. The second-order valence-electron chi connectivity index (χ2n) is 10.2. The Hall–Kier alpha value is -3.99. The largest absolute Gasteiger partial charge is 0.351 e. The van der Waals surface area contributed by atoms with Crippen LogP contribution in [0.25, 0.3) is 11.0 Å². The number of benzene rings is 1. The van der Waals surface area contributed by atoms with Gasteiger partial charge in [0, 0.05) is 62.9 Å². The van der Waals surface area contributed by atoms with Crippen LogP contribution >= 0.6 is 0 Å². The van der Waals surface area contributed by atoms with Crippen LogP contribution in [-0.2, 0) is 14.1 Å². The maximum atomic E-state index is 13.0. The Bertz CT molecular complexity index is 1430. The molecule has 2 atom stereocenters. The van der Waals surface area contributed by atoms with Crippen molar-refractivity contribution >= 4 is 40.1 Å². The molecule has 4 heterocycles. The fourth-order valence-corrected chi connectivity index (χ4v) is 5.15. The van der Waals surface area contributed by atoms with Gasteiger partial charge in [0.25, 0.3) is 5.91 Å². The third kappa shape index (κ3) is 5.47. The smallest absolute Gasteiger partial charge is 0.251 e. The summed E-state index contributed by atoms with van der Waals surface area (Å²) in [4.78, 5) is 24.5. The van der Waals surface area contributed by atoms with Crippen molar-refractivity contribution < 1.29 is 4.79 Å². The number of carbonyl (C=O) groups is 1. The molecule has 38 heavy (non-hydrogen) atoms. The lowest BCUT2D eigenvalue weighted by atomic mass is 9.98. The molecule has 200 valence electrons. The highest BCUT2D eigenvalue weighted by molar-refractivity contribution is 5.96. The van der Waals surface area contributed by atoms with Crippen molar-refractivity contribution in [2.45, 2.75) is 52.1 Å². The second kappa shape index (κ2) is 10.8. The van der Waals surface area contributed by atoms with Crippen molar-refractivity contribution in [3.05, 3.63) is 47.9 Å². The number of hydrogen-bond acceptors (Lipinski definition) is 8. The van der Waals surface area contributed by atoms with Gasteiger partial charge in [-0.25, -0.2) is 9.67 Å². The number of carbonyl (C=O) groups excluding carboxylic acids is 1. The quantitative estimate of drug-likeness (QED) is 0.323. The Balaban J connectivity index is 1.28. The van der Waals surface area contributed by atoms with Gasteiger partial charge < -0.3 is 16.0 Å². The van der Waals surface area contributed by atoms with Crippen LogP contribution in [-0.4, -0.2) is 65.5 Å². The molecule has 0 aliphatic carbocycles. The van der Waals surface area contributed by atoms with Crippen molar-refractivity contribution in [2.75, 3.05) is 23.7 Å². The summed E-state index contributed by atoms with van der Waals surface area (Å²) >= 11 is 0. The van der Waals surface area contributed by atoms with Crippen molar-refractivity contribution in [1.29, 1.82) is 0 Å². The number of nitrogens with one attached hydrogen (secondary N) is 3. The Morgan fingerprint density at radius 1 is 1.11 bits per heavy atom. The number of piperidine rings is 1. The van der Waals surface area contributed by atoms with Crippen molar-refractivity contribution in [1.82, 2.24) is 39.7 Å². The molecule has 11 nitrogen and oxygen atoms in total. The maximum absolute atomic E-state index is 13.0. The zero-order valence-corrected chi connectivity index (χ0v) is 22.7. The minimum absolute atomic E-state index is 0.0781. The molecule has 1 aliphatic heterocycles. The molecule has 1 aromatic carbocycles. The number of rotatable bonds is 8. The van der Waals surface area contributed by atoms with Crippen LogP contribution in [0.5, 0.6) is 0 Å². The van der Waals surface area contributed by atoms with Gasteiger partial charge in [-0.05, 0) is 51.3 Å². The van der Waals surface area contributed by atoms with E-state index in [2.05, 4.69) is 54.9 Å². The van der Waals surface area contributed by atoms with Crippen molar-refractivity contribution in [2.24, 2.45) is 14.1 Å². The van der Waals surface area contributed by atoms with Crippen LogP contribution in [0, 0.1) is 6.92 Å². The molecule has 0 unspecified atom stereocenters. The summed E-state index contributed by atoms with van der Waals surface area (Å²) in [5.41, 5.74) is 3.91. The van der Waals surface area contributed by atoms with Gasteiger partial charge in [-0.3, -0.25) is 14.4 Å². The summed E-state index contributed by atoms with van der Waals surface area (Å²) in [6.45, 7) is 8.05. The zero-order valence-electron chi connectivity index (χ0n) is 22.7. The lowest BCUT2D eigenvalue weighted by Crippen LogP contribution is -2.47. The fraction of sp³-hybridized carbons (Fsp3) is 0.444. The number of aromatic nitrogens is 6. The molecule has 1 aliphatic rings. The normalized spacial score (nSPS) is 18.0. The predicted octanol–water partition coefficient (Wildman–Crippen LogP) is 3.89. The molecule has 1 fully saturated rings. The van der Waals surface area contributed by atoms with E-state index in [0.29, 0.717) is 41.6 Å². The van der Waals surface area contributed by atoms with Gasteiger partial charge in [0.2, 0.25) is 5.95 Å². The number of nitrogens with zero attached hydrogens (tertiary/aromatic N) is 7. The fourth-order valence-electron chi connectivity index (χ4n) is 5.15. The molecule has 0 radical (unpaired) electrons. The highest BCUT2D eigenvalue weighted by Gasteiger charge is 2.24. The highest BCUT2D eigenvalue weighted by atomic mass is 16.1. The molecule has 3 aromatic heterocycles. The van der Waals surface area contributed by atoms with Gasteiger partial charge in [-0.1, -0.05) is 12.5 Å². The predicted molar refractivity (Wildman–Crippen MR) is 149 cm³/mol. The van der Waals surface area contributed by atoms with E-state index < -0.39 is 0 Å². The first kappa shape index (κ1) is 25.7. The third-order valence-electron chi connectivity index (χ3n) is 7.33. The van der Waals surface area contributed by atoms with E-state index in [0.717, 1.165) is 28.9 Å². The van der Waals surface area contributed by atoms with E-state index in [1.165, 1.54) is 19.3 Å². The van der Waals surface area contributed by atoms with Crippen LogP contribution < -0.4 is 16.0 Å². The average Bonchev–Trinajstić information content (AvgIpc) is 3.44. The minimum atomic E-state index is -0.0781. The molecule has 0 bridgehead atoms. The zero-order chi connectivity index (χ0) is 26.8. The van der Waals surface area contributed by atoms with Crippen LogP contribution in [0.3, 0.4) is 0 Å². The topological polar surface area (TPSA) is 118 Å². The average molecular weight is 517 g/mol. The van der Waals surface area contributed by atoms with Gasteiger partial charge in [0.1, 0.15) is 0 Å². The Morgan fingerprint density at radius 3 is 2.63 bits per heavy atom. The number of fused-ring (bicyclic) bond motifs is 1. The standard InChI is InChI=1S/C27H36N10O/c1-17-9-10-20(26(38)28-11-12-37-18(2)7-6-8-19(37)3)13-23(17)32-24-22-15-29-27(33-25(22)36(5)34-24)31-21-14-30-35(4)16-21/h9-10,13-16,18-19H,6-8,11-12H2,1-5H3,(H,28,38)(H,32,34)(H,29,31,33)/t18-,19+.